The number of oxime groups is 1. The molecule has 0 N–H and O–H groups in total. The van der Waals surface area contributed by atoms with Crippen LogP contribution in [0.2, 0.25) is 0 Å². The van der Waals surface area contributed by atoms with Crippen LogP contribution in [-0.2, 0) is 16.2 Å². The van der Waals surface area contributed by atoms with Gasteiger partial charge in [0.2, 0.25) is 5.60 Å². The average Bonchev–Trinajstić information content (AvgIpc) is 2.76. The van der Waals surface area contributed by atoms with E-state index in [0.717, 1.165) is 37.3 Å². The second-order valence-electron chi connectivity index (χ2n) is 6.88. The van der Waals surface area contributed by atoms with E-state index in [1.807, 2.05) is 24.8 Å². The molecule has 1 amide bonds. The van der Waals surface area contributed by atoms with E-state index in [9.17, 15) is 9.18 Å². The van der Waals surface area contributed by atoms with E-state index in [4.69, 9.17) is 4.84 Å². The highest BCUT2D eigenvalue weighted by Crippen LogP contribution is 2.26. The summed E-state index contributed by atoms with van der Waals surface area (Å²) in [5, 5.41) is 3.93. The summed E-state index contributed by atoms with van der Waals surface area (Å²) in [6.45, 7) is 7.44. The van der Waals surface area contributed by atoms with Crippen molar-refractivity contribution in [1.29, 1.82) is 0 Å². The third-order valence-electron chi connectivity index (χ3n) is 4.62. The topological polar surface area (TPSA) is 45.1 Å². The number of amides is 1. The van der Waals surface area contributed by atoms with Crippen LogP contribution < -0.4 is 0 Å². The molecule has 24 heavy (non-hydrogen) atoms. The lowest BCUT2D eigenvalue weighted by molar-refractivity contribution is -0.153. The SMILES string of the molecule is CC1=NO[C@@](C)(C(=O)N2CCCN(Cc3cccc(F)c3)CC2)C1. The Morgan fingerprint density at radius 3 is 2.88 bits per heavy atom. The zero-order chi connectivity index (χ0) is 17.2. The number of carbonyl (C=O) groups is 1. The fourth-order valence-electron chi connectivity index (χ4n) is 3.41. The number of halogens is 1. The van der Waals surface area contributed by atoms with E-state index in [1.165, 1.54) is 6.07 Å². The van der Waals surface area contributed by atoms with Crippen LogP contribution in [0.3, 0.4) is 0 Å². The van der Waals surface area contributed by atoms with Gasteiger partial charge in [-0.1, -0.05) is 17.3 Å². The molecule has 2 aliphatic rings. The van der Waals surface area contributed by atoms with Crippen molar-refractivity contribution in [2.24, 2.45) is 5.16 Å². The number of rotatable bonds is 3. The highest BCUT2D eigenvalue weighted by atomic mass is 19.1. The van der Waals surface area contributed by atoms with Crippen molar-refractivity contribution in [3.8, 4) is 0 Å². The van der Waals surface area contributed by atoms with Crippen LogP contribution in [0.25, 0.3) is 0 Å². The monoisotopic (exact) mass is 333 g/mol. The maximum atomic E-state index is 13.3. The van der Waals surface area contributed by atoms with Gasteiger partial charge in [0.15, 0.2) is 0 Å². The summed E-state index contributed by atoms with van der Waals surface area (Å²) in [5.74, 6) is -0.198. The van der Waals surface area contributed by atoms with Gasteiger partial charge < -0.3 is 9.74 Å². The number of benzene rings is 1. The minimum Gasteiger partial charge on any atom is -0.379 e. The lowest BCUT2D eigenvalue weighted by atomic mass is 9.98. The van der Waals surface area contributed by atoms with Crippen molar-refractivity contribution >= 4 is 11.6 Å². The van der Waals surface area contributed by atoms with Gasteiger partial charge in [0.1, 0.15) is 5.82 Å². The van der Waals surface area contributed by atoms with Crippen LogP contribution >= 0.6 is 0 Å². The van der Waals surface area contributed by atoms with Gasteiger partial charge in [-0.25, -0.2) is 4.39 Å². The molecule has 1 atom stereocenters. The summed E-state index contributed by atoms with van der Waals surface area (Å²) in [4.78, 5) is 22.3. The predicted octanol–water partition coefficient (Wildman–Crippen LogP) is 2.41. The van der Waals surface area contributed by atoms with Crippen molar-refractivity contribution in [1.82, 2.24) is 9.80 Å². The Morgan fingerprint density at radius 2 is 2.17 bits per heavy atom. The molecule has 2 heterocycles. The molecule has 0 saturated carbocycles. The number of hydrogen-bond acceptors (Lipinski definition) is 4. The van der Waals surface area contributed by atoms with Gasteiger partial charge in [-0.2, -0.15) is 0 Å². The molecular weight excluding hydrogens is 309 g/mol. The largest absolute Gasteiger partial charge is 0.379 e. The molecule has 0 radical (unpaired) electrons. The van der Waals surface area contributed by atoms with Crippen molar-refractivity contribution in [3.05, 3.63) is 35.6 Å². The van der Waals surface area contributed by atoms with Gasteiger partial charge in [0, 0.05) is 39.1 Å². The molecule has 130 valence electrons. The van der Waals surface area contributed by atoms with Crippen molar-refractivity contribution < 1.29 is 14.0 Å². The Morgan fingerprint density at radius 1 is 1.33 bits per heavy atom. The summed E-state index contributed by atoms with van der Waals surface area (Å²) in [5.41, 5.74) is 0.959. The maximum Gasteiger partial charge on any atom is 0.269 e. The predicted molar refractivity (Wildman–Crippen MR) is 90.1 cm³/mol. The van der Waals surface area contributed by atoms with Gasteiger partial charge in [-0.05, 0) is 38.0 Å². The first-order valence-electron chi connectivity index (χ1n) is 8.44. The molecule has 0 unspecified atom stereocenters. The molecule has 1 aromatic rings. The molecular formula is C18H24FN3O2. The fraction of sp³-hybridized carbons (Fsp3) is 0.556. The molecule has 6 heteroatoms. The Labute approximate surface area is 142 Å². The summed E-state index contributed by atoms with van der Waals surface area (Å²) in [6, 6.07) is 6.70. The fourth-order valence-corrected chi connectivity index (χ4v) is 3.41. The number of hydrogen-bond donors (Lipinski definition) is 0. The number of carbonyl (C=O) groups excluding carboxylic acids is 1. The molecule has 1 aromatic carbocycles. The van der Waals surface area contributed by atoms with Crippen LogP contribution in [-0.4, -0.2) is 53.2 Å². The molecule has 0 aliphatic carbocycles. The molecule has 1 fully saturated rings. The molecule has 1 saturated heterocycles. The second-order valence-corrected chi connectivity index (χ2v) is 6.88. The molecule has 2 aliphatic heterocycles. The second kappa shape index (κ2) is 6.89. The lowest BCUT2D eigenvalue weighted by Crippen LogP contribution is -2.48. The Kier molecular flexibility index (Phi) is 4.85. The van der Waals surface area contributed by atoms with Crippen LogP contribution in [0.1, 0.15) is 32.3 Å². The van der Waals surface area contributed by atoms with Crippen molar-refractivity contribution in [3.63, 3.8) is 0 Å². The first-order chi connectivity index (χ1) is 11.5. The van der Waals surface area contributed by atoms with Crippen LogP contribution in [0.15, 0.2) is 29.4 Å². The Bertz CT molecular complexity index is 649. The smallest absolute Gasteiger partial charge is 0.269 e. The third kappa shape index (κ3) is 3.75. The highest BCUT2D eigenvalue weighted by molar-refractivity contribution is 5.94. The zero-order valence-corrected chi connectivity index (χ0v) is 14.3. The van der Waals surface area contributed by atoms with Crippen LogP contribution in [0.4, 0.5) is 4.39 Å². The highest BCUT2D eigenvalue weighted by Gasteiger charge is 2.43. The molecule has 0 aromatic heterocycles. The zero-order valence-electron chi connectivity index (χ0n) is 14.3. The van der Waals surface area contributed by atoms with Crippen LogP contribution in [0.5, 0.6) is 0 Å². The summed E-state index contributed by atoms with van der Waals surface area (Å²) in [6.07, 6.45) is 1.45. The normalized spacial score (nSPS) is 25.1. The summed E-state index contributed by atoms with van der Waals surface area (Å²) >= 11 is 0. The van der Waals surface area contributed by atoms with E-state index < -0.39 is 5.60 Å². The third-order valence-corrected chi connectivity index (χ3v) is 4.62. The first kappa shape index (κ1) is 16.9. The van der Waals surface area contributed by atoms with Gasteiger partial charge in [0.05, 0.1) is 5.71 Å². The molecule has 0 spiro atoms. The van der Waals surface area contributed by atoms with E-state index >= 15 is 0 Å². The van der Waals surface area contributed by atoms with Gasteiger partial charge in [-0.3, -0.25) is 9.69 Å². The van der Waals surface area contributed by atoms with E-state index in [0.29, 0.717) is 19.5 Å². The quantitative estimate of drug-likeness (QED) is 0.853. The average molecular weight is 333 g/mol. The van der Waals surface area contributed by atoms with Crippen LogP contribution in [0, 0.1) is 5.82 Å². The van der Waals surface area contributed by atoms with Gasteiger partial charge >= 0.3 is 0 Å². The standard InChI is InChI=1S/C18H24FN3O2/c1-14-12-18(2,24-20-14)17(23)22-8-4-7-21(9-10-22)13-15-5-3-6-16(19)11-15/h3,5-6,11H,4,7-10,12-13H2,1-2H3/t18-/m1/s1. The maximum absolute atomic E-state index is 13.3. The molecule has 3 rings (SSSR count). The van der Waals surface area contributed by atoms with Gasteiger partial charge in [0.25, 0.3) is 5.91 Å². The van der Waals surface area contributed by atoms with Crippen molar-refractivity contribution in [2.75, 3.05) is 26.2 Å². The van der Waals surface area contributed by atoms with Gasteiger partial charge in [-0.15, -0.1) is 0 Å². The Hall–Kier alpha value is -1.95. The van der Waals surface area contributed by atoms with E-state index in [-0.39, 0.29) is 11.7 Å². The summed E-state index contributed by atoms with van der Waals surface area (Å²) < 4.78 is 13.3. The number of nitrogens with zero attached hydrogens (tertiary/aromatic N) is 3. The Balaban J connectivity index is 1.58. The summed E-state index contributed by atoms with van der Waals surface area (Å²) in [7, 11) is 0. The minimum atomic E-state index is -0.859. The van der Waals surface area contributed by atoms with E-state index in [2.05, 4.69) is 10.1 Å². The lowest BCUT2D eigenvalue weighted by Gasteiger charge is -2.29. The molecule has 0 bridgehead atoms. The minimum absolute atomic E-state index is 0.00991. The van der Waals surface area contributed by atoms with E-state index in [1.54, 1.807) is 12.1 Å². The first-order valence-corrected chi connectivity index (χ1v) is 8.44. The molecule has 5 nitrogen and oxygen atoms in total. The van der Waals surface area contributed by atoms with Crippen molar-refractivity contribution in [2.45, 2.75) is 38.8 Å².